The molecule has 0 aliphatic carbocycles. The number of hydrogen-bond acceptors (Lipinski definition) is 1. The Morgan fingerprint density at radius 2 is 2.30 bits per heavy atom. The fourth-order valence-electron chi connectivity index (χ4n) is 0.639. The van der Waals surface area contributed by atoms with Crippen LogP contribution in [0.2, 0.25) is 0 Å². The number of rotatable bonds is 4. The second-order valence-electron chi connectivity index (χ2n) is 1.94. The Kier molecular flexibility index (Phi) is 5.79. The molecule has 0 bridgehead atoms. The molecule has 0 atom stereocenters. The summed E-state index contributed by atoms with van der Waals surface area (Å²) in [5, 5.41) is 8.73. The summed E-state index contributed by atoms with van der Waals surface area (Å²) in [6, 6.07) is 0. The molecule has 0 rings (SSSR count). The predicted molar refractivity (Wildman–Crippen MR) is 44.8 cm³/mol. The Bertz CT molecular complexity index is 140. The van der Waals surface area contributed by atoms with Gasteiger partial charge in [-0.25, -0.2) is 0 Å². The van der Waals surface area contributed by atoms with Crippen LogP contribution in [0.5, 0.6) is 0 Å². The Labute approximate surface area is 62.4 Å². The fraction of sp³-hybridized carbons (Fsp3) is 0.333. The van der Waals surface area contributed by atoms with Gasteiger partial charge in [0.15, 0.2) is 0 Å². The third kappa shape index (κ3) is 4.10. The van der Waals surface area contributed by atoms with Crippen LogP contribution in [0.3, 0.4) is 0 Å². The Morgan fingerprint density at radius 3 is 2.70 bits per heavy atom. The zero-order valence-electron chi connectivity index (χ0n) is 6.38. The van der Waals surface area contributed by atoms with Gasteiger partial charge in [0, 0.05) is 0 Å². The minimum Gasteiger partial charge on any atom is -0.392 e. The molecule has 10 heavy (non-hydrogen) atoms. The van der Waals surface area contributed by atoms with Crippen LogP contribution in [-0.2, 0) is 0 Å². The van der Waals surface area contributed by atoms with Gasteiger partial charge in [0.25, 0.3) is 0 Å². The molecule has 0 aromatic rings. The van der Waals surface area contributed by atoms with Gasteiger partial charge in [-0.05, 0) is 12.0 Å². The zero-order valence-corrected chi connectivity index (χ0v) is 6.38. The van der Waals surface area contributed by atoms with E-state index in [9.17, 15) is 0 Å². The van der Waals surface area contributed by atoms with Crippen molar-refractivity contribution < 1.29 is 5.11 Å². The topological polar surface area (TPSA) is 20.2 Å². The quantitative estimate of drug-likeness (QED) is 0.589. The molecule has 0 amide bonds. The third-order valence-corrected chi connectivity index (χ3v) is 1.10. The molecular weight excluding hydrogens is 124 g/mol. The van der Waals surface area contributed by atoms with Gasteiger partial charge < -0.3 is 5.11 Å². The highest BCUT2D eigenvalue weighted by atomic mass is 16.3. The number of aliphatic hydroxyl groups is 1. The van der Waals surface area contributed by atoms with Crippen LogP contribution in [0.4, 0.5) is 0 Å². The van der Waals surface area contributed by atoms with Crippen LogP contribution in [0.25, 0.3) is 0 Å². The molecule has 1 N–H and O–H groups in total. The summed E-state index contributed by atoms with van der Waals surface area (Å²) in [6.45, 7) is 5.68. The lowest BCUT2D eigenvalue weighted by molar-refractivity contribution is 0.334. The molecule has 1 heteroatoms. The summed E-state index contributed by atoms with van der Waals surface area (Å²) in [7, 11) is 0. The molecule has 0 aliphatic rings. The lowest BCUT2D eigenvalue weighted by Crippen LogP contribution is -1.84. The van der Waals surface area contributed by atoms with Crippen LogP contribution >= 0.6 is 0 Å². The normalized spacial score (nSPS) is 12.4. The second-order valence-corrected chi connectivity index (χ2v) is 1.94. The first kappa shape index (κ1) is 9.18. The molecule has 0 unspecified atom stereocenters. The van der Waals surface area contributed by atoms with Gasteiger partial charge >= 0.3 is 0 Å². The van der Waals surface area contributed by atoms with Gasteiger partial charge in [-0.1, -0.05) is 37.8 Å². The third-order valence-electron chi connectivity index (χ3n) is 1.10. The van der Waals surface area contributed by atoms with Crippen molar-refractivity contribution in [3.63, 3.8) is 0 Å². The maximum absolute atomic E-state index is 8.73. The summed E-state index contributed by atoms with van der Waals surface area (Å²) in [5.74, 6) is 0. The SMILES string of the molecule is C=C/C=C\C(=C/CC)CO. The highest BCUT2D eigenvalue weighted by Crippen LogP contribution is 1.96. The molecule has 56 valence electrons. The van der Waals surface area contributed by atoms with E-state index in [2.05, 4.69) is 6.58 Å². The minimum absolute atomic E-state index is 0.109. The molecule has 0 aromatic carbocycles. The molecule has 0 saturated heterocycles. The minimum atomic E-state index is 0.109. The first-order valence-electron chi connectivity index (χ1n) is 3.44. The molecule has 0 radical (unpaired) electrons. The van der Waals surface area contributed by atoms with Crippen LogP contribution in [0.1, 0.15) is 13.3 Å². The van der Waals surface area contributed by atoms with E-state index in [-0.39, 0.29) is 6.61 Å². The van der Waals surface area contributed by atoms with E-state index in [0.29, 0.717) is 0 Å². The van der Waals surface area contributed by atoms with Crippen molar-refractivity contribution in [3.05, 3.63) is 36.5 Å². The van der Waals surface area contributed by atoms with Gasteiger partial charge in [-0.3, -0.25) is 0 Å². The van der Waals surface area contributed by atoms with E-state index in [1.807, 2.05) is 25.2 Å². The Balaban J connectivity index is 3.94. The van der Waals surface area contributed by atoms with Gasteiger partial charge in [-0.15, -0.1) is 0 Å². The van der Waals surface area contributed by atoms with Crippen molar-refractivity contribution in [3.8, 4) is 0 Å². The van der Waals surface area contributed by atoms with Crippen LogP contribution in [-0.4, -0.2) is 11.7 Å². The van der Waals surface area contributed by atoms with Crippen LogP contribution in [0, 0.1) is 0 Å². The van der Waals surface area contributed by atoms with E-state index in [1.54, 1.807) is 6.08 Å². The van der Waals surface area contributed by atoms with Crippen molar-refractivity contribution in [1.29, 1.82) is 0 Å². The Morgan fingerprint density at radius 1 is 1.60 bits per heavy atom. The molecular formula is C9H14O. The maximum atomic E-state index is 8.73. The lowest BCUT2D eigenvalue weighted by Gasteiger charge is -1.92. The van der Waals surface area contributed by atoms with Crippen molar-refractivity contribution in [2.75, 3.05) is 6.61 Å². The lowest BCUT2D eigenvalue weighted by atomic mass is 10.2. The highest BCUT2D eigenvalue weighted by molar-refractivity contribution is 5.21. The standard InChI is InChI=1S/C9H14O/c1-3-5-7-9(8-10)6-4-2/h3,5-7,10H,1,4,8H2,2H3/b7-5-,9-6+. The van der Waals surface area contributed by atoms with Crippen molar-refractivity contribution in [1.82, 2.24) is 0 Å². The van der Waals surface area contributed by atoms with E-state index < -0.39 is 0 Å². The van der Waals surface area contributed by atoms with E-state index in [0.717, 1.165) is 12.0 Å². The first-order valence-corrected chi connectivity index (χ1v) is 3.44. The number of aliphatic hydroxyl groups excluding tert-OH is 1. The molecule has 0 saturated carbocycles. The monoisotopic (exact) mass is 138 g/mol. The van der Waals surface area contributed by atoms with E-state index in [1.165, 1.54) is 0 Å². The zero-order chi connectivity index (χ0) is 7.82. The van der Waals surface area contributed by atoms with E-state index in [4.69, 9.17) is 5.11 Å². The summed E-state index contributed by atoms with van der Waals surface area (Å²) >= 11 is 0. The van der Waals surface area contributed by atoms with Gasteiger partial charge in [0.2, 0.25) is 0 Å². The largest absolute Gasteiger partial charge is 0.392 e. The average Bonchev–Trinajstić information content (AvgIpc) is 1.98. The highest BCUT2D eigenvalue weighted by Gasteiger charge is 1.84. The summed E-state index contributed by atoms with van der Waals surface area (Å²) in [5.41, 5.74) is 0.947. The summed E-state index contributed by atoms with van der Waals surface area (Å²) in [4.78, 5) is 0. The number of hydrogen-bond donors (Lipinski definition) is 1. The van der Waals surface area contributed by atoms with E-state index >= 15 is 0 Å². The van der Waals surface area contributed by atoms with Crippen molar-refractivity contribution in [2.24, 2.45) is 0 Å². The Hall–Kier alpha value is -0.820. The van der Waals surface area contributed by atoms with Crippen molar-refractivity contribution >= 4 is 0 Å². The molecule has 0 fully saturated rings. The molecule has 0 aromatic heterocycles. The van der Waals surface area contributed by atoms with Crippen LogP contribution < -0.4 is 0 Å². The van der Waals surface area contributed by atoms with Gasteiger partial charge in [0.1, 0.15) is 0 Å². The smallest absolute Gasteiger partial charge is 0.0678 e. The second kappa shape index (κ2) is 6.30. The molecule has 1 nitrogen and oxygen atoms in total. The summed E-state index contributed by atoms with van der Waals surface area (Å²) in [6.07, 6.45) is 8.31. The molecule has 0 heterocycles. The molecule has 0 spiro atoms. The van der Waals surface area contributed by atoms with Crippen LogP contribution in [0.15, 0.2) is 36.5 Å². The fourth-order valence-corrected chi connectivity index (χ4v) is 0.639. The first-order chi connectivity index (χ1) is 4.85. The maximum Gasteiger partial charge on any atom is 0.0678 e. The summed E-state index contributed by atoms with van der Waals surface area (Å²) < 4.78 is 0. The average molecular weight is 138 g/mol. The van der Waals surface area contributed by atoms with Crippen molar-refractivity contribution in [2.45, 2.75) is 13.3 Å². The van der Waals surface area contributed by atoms with Gasteiger partial charge in [-0.2, -0.15) is 0 Å². The number of allylic oxidation sites excluding steroid dienone is 3. The van der Waals surface area contributed by atoms with Gasteiger partial charge in [0.05, 0.1) is 6.61 Å². The predicted octanol–water partition coefficient (Wildman–Crippen LogP) is 2.06. The molecule has 0 aliphatic heterocycles.